The Kier molecular flexibility index (Phi) is 694. The molecule has 5 nitrogen and oxygen atoms in total. The van der Waals surface area contributed by atoms with Gasteiger partial charge in [0, 0.05) is 11.8 Å². The molecule has 0 aromatic heterocycles. The average Bonchev–Trinajstić information content (AvgIpc) is 2.12. The first-order valence-electron chi connectivity index (χ1n) is 2.23. The Bertz CT molecular complexity index is 75.0. The van der Waals surface area contributed by atoms with E-state index >= 15 is 0 Å². The van der Waals surface area contributed by atoms with Gasteiger partial charge in [0.2, 0.25) is 0 Å². The third kappa shape index (κ3) is 11600. The summed E-state index contributed by atoms with van der Waals surface area (Å²) in [6.07, 6.45) is 0.250. The van der Waals surface area contributed by atoms with Crippen molar-refractivity contribution >= 4 is 36.1 Å². The third-order valence-electron chi connectivity index (χ3n) is 0.0714. The fraction of sp³-hybridized carbons (Fsp3) is 0.333. The summed E-state index contributed by atoms with van der Waals surface area (Å²) in [6, 6.07) is 0. The molecule has 13 heavy (non-hydrogen) atoms. The molecule has 0 heterocycles. The summed E-state index contributed by atoms with van der Waals surface area (Å²) >= 11 is 10.1. The Hall–Kier alpha value is -0.710. The molecule has 0 saturated heterocycles. The Morgan fingerprint density at radius 2 is 1.08 bits per heavy atom. The van der Waals surface area contributed by atoms with Gasteiger partial charge in [0.05, 0.1) is 0 Å². The third-order valence-corrected chi connectivity index (χ3v) is 0.643. The van der Waals surface area contributed by atoms with Crippen LogP contribution in [0.1, 0.15) is 0 Å². The molecular weight excluding hydrogens is 221 g/mol. The molecule has 0 aliphatic rings. The molecule has 0 unspecified atom stereocenters. The predicted molar refractivity (Wildman–Crippen MR) is 53.5 cm³/mol. The van der Waals surface area contributed by atoms with Crippen molar-refractivity contribution in [3.63, 3.8) is 0 Å². The second kappa shape index (κ2) is 228. The zero-order valence-electron chi connectivity index (χ0n) is 7.22. The number of rotatable bonds is 1. The molecule has 0 spiro atoms. The minimum atomic E-state index is 0. The maximum atomic E-state index is 8.12. The van der Waals surface area contributed by atoms with Gasteiger partial charge in [0.1, 0.15) is 6.79 Å². The van der Waals surface area contributed by atoms with E-state index in [0.29, 0.717) is 11.8 Å². The molecule has 0 aliphatic carbocycles. The summed E-state index contributed by atoms with van der Waals surface area (Å²) in [6.45, 7) is 8.00. The van der Waals surface area contributed by atoms with Crippen LogP contribution in [-0.2, 0) is 14.4 Å². The summed E-state index contributed by atoms with van der Waals surface area (Å²) in [5.41, 5.74) is 0. The monoisotopic (exact) mass is 235 g/mol. The van der Waals surface area contributed by atoms with Gasteiger partial charge in [-0.1, -0.05) is 0 Å². The second-order valence-electron chi connectivity index (χ2n) is 0.461. The molecule has 0 aromatic rings. The molecule has 0 saturated carbocycles. The number of alkyl halides is 2. The smallest absolute Gasteiger partial charge is 0.373 e. The van der Waals surface area contributed by atoms with Gasteiger partial charge in [0.15, 0.2) is 0 Å². The highest BCUT2D eigenvalue weighted by Crippen LogP contribution is 1.75. The van der Waals surface area contributed by atoms with Crippen molar-refractivity contribution in [3.05, 3.63) is 13.2 Å². The number of hydrogen-bond acceptors (Lipinski definition) is 4. The summed E-state index contributed by atoms with van der Waals surface area (Å²) in [5.74, 6) is 1.11. The molecule has 0 aromatic carbocycles. The SMILES string of the molecule is C=C.C=O.ClCCCl.N.O.O=C=O. The van der Waals surface area contributed by atoms with Gasteiger partial charge in [-0.15, -0.1) is 36.4 Å². The Labute approximate surface area is 87.6 Å². The van der Waals surface area contributed by atoms with Crippen molar-refractivity contribution in [1.82, 2.24) is 6.15 Å². The summed E-state index contributed by atoms with van der Waals surface area (Å²) in [5, 5.41) is 0. The largest absolute Gasteiger partial charge is 0.412 e. The molecule has 0 amide bonds. The van der Waals surface area contributed by atoms with Gasteiger partial charge in [-0.2, -0.15) is 9.59 Å². The summed E-state index contributed by atoms with van der Waals surface area (Å²) < 4.78 is 0. The average molecular weight is 236 g/mol. The van der Waals surface area contributed by atoms with Crippen molar-refractivity contribution in [2.45, 2.75) is 0 Å². The number of halogens is 2. The Morgan fingerprint density at radius 3 is 1.08 bits per heavy atom. The van der Waals surface area contributed by atoms with E-state index in [1.54, 1.807) is 0 Å². The number of carbonyl (C=O) groups excluding carboxylic acids is 3. The lowest BCUT2D eigenvalue weighted by molar-refractivity contribution is -0.191. The molecule has 0 rings (SSSR count). The van der Waals surface area contributed by atoms with Gasteiger partial charge in [-0.25, -0.2) is 0 Å². The van der Waals surface area contributed by atoms with Crippen LogP contribution in [0.15, 0.2) is 13.2 Å². The van der Waals surface area contributed by atoms with Crippen LogP contribution in [0.3, 0.4) is 0 Å². The van der Waals surface area contributed by atoms with Gasteiger partial charge >= 0.3 is 6.15 Å². The van der Waals surface area contributed by atoms with E-state index in [0.717, 1.165) is 0 Å². The molecule has 0 bridgehead atoms. The van der Waals surface area contributed by atoms with Crippen LogP contribution >= 0.6 is 23.2 Å². The highest BCUT2D eigenvalue weighted by molar-refractivity contribution is 6.25. The Balaban J connectivity index is -0.0000000125. The van der Waals surface area contributed by atoms with E-state index in [1.807, 2.05) is 6.79 Å². The van der Waals surface area contributed by atoms with Crippen LogP contribution in [-0.4, -0.2) is 30.2 Å². The van der Waals surface area contributed by atoms with Gasteiger partial charge in [-0.05, 0) is 0 Å². The highest BCUT2D eigenvalue weighted by Gasteiger charge is 1.61. The van der Waals surface area contributed by atoms with Gasteiger partial charge in [-0.3, -0.25) is 0 Å². The lowest BCUT2D eigenvalue weighted by Crippen LogP contribution is -1.63. The van der Waals surface area contributed by atoms with Crippen LogP contribution < -0.4 is 6.15 Å². The fourth-order valence-electron chi connectivity index (χ4n) is 0. The van der Waals surface area contributed by atoms with Crippen LogP contribution in [0.2, 0.25) is 0 Å². The first-order chi connectivity index (χ1) is 5.33. The van der Waals surface area contributed by atoms with E-state index in [2.05, 4.69) is 13.2 Å². The molecule has 82 valence electrons. The maximum absolute atomic E-state index is 8.12. The minimum absolute atomic E-state index is 0. The summed E-state index contributed by atoms with van der Waals surface area (Å²) in [4.78, 5) is 24.2. The summed E-state index contributed by atoms with van der Waals surface area (Å²) in [7, 11) is 0. The van der Waals surface area contributed by atoms with Crippen molar-refractivity contribution in [1.29, 1.82) is 0 Å². The van der Waals surface area contributed by atoms with Crippen LogP contribution in [0.5, 0.6) is 0 Å². The molecule has 0 fully saturated rings. The van der Waals surface area contributed by atoms with Gasteiger partial charge in [0.25, 0.3) is 0 Å². The molecular formula is C6H15Cl2NO4. The quantitative estimate of drug-likeness (QED) is 0.535. The van der Waals surface area contributed by atoms with Crippen molar-refractivity contribution < 1.29 is 19.9 Å². The first kappa shape index (κ1) is 39.6. The molecule has 7 heteroatoms. The van der Waals surface area contributed by atoms with E-state index in [1.165, 1.54) is 0 Å². The standard InChI is InChI=1S/C2H4Cl2.C2H4.CO2.CH2O.H3N.H2O/c3-1-2-4;1-2;2-1-3;1-2;;/h1-2H2;1-2H2;;1H2;1H3;1H2. The number of carbonyl (C=O) groups is 1. The van der Waals surface area contributed by atoms with Gasteiger partial charge < -0.3 is 16.4 Å². The lowest BCUT2D eigenvalue weighted by Gasteiger charge is -1.63. The minimum Gasteiger partial charge on any atom is -0.412 e. The Morgan fingerprint density at radius 1 is 1.00 bits per heavy atom. The second-order valence-corrected chi connectivity index (χ2v) is 1.22. The molecule has 5 N–H and O–H groups in total. The molecule has 0 aliphatic heterocycles. The normalized spacial score (nSPS) is 3.54. The van der Waals surface area contributed by atoms with E-state index in [9.17, 15) is 0 Å². The van der Waals surface area contributed by atoms with Crippen molar-refractivity contribution in [2.24, 2.45) is 0 Å². The fourth-order valence-corrected chi connectivity index (χ4v) is 0. The van der Waals surface area contributed by atoms with E-state index in [4.69, 9.17) is 37.6 Å². The number of hydrogen-bond donors (Lipinski definition) is 1. The van der Waals surface area contributed by atoms with E-state index in [-0.39, 0.29) is 17.8 Å². The maximum Gasteiger partial charge on any atom is 0.373 e. The van der Waals surface area contributed by atoms with Crippen LogP contribution in [0, 0.1) is 0 Å². The molecule has 0 atom stereocenters. The van der Waals surface area contributed by atoms with Crippen molar-refractivity contribution in [2.75, 3.05) is 11.8 Å². The lowest BCUT2D eigenvalue weighted by atomic mass is 11.0. The molecule has 0 radical (unpaired) electrons. The zero-order valence-corrected chi connectivity index (χ0v) is 8.74. The van der Waals surface area contributed by atoms with Crippen LogP contribution in [0.25, 0.3) is 0 Å². The predicted octanol–water partition coefficient (Wildman–Crippen LogP) is 0.835. The zero-order chi connectivity index (χ0) is 10.1. The van der Waals surface area contributed by atoms with E-state index < -0.39 is 0 Å². The van der Waals surface area contributed by atoms with Crippen LogP contribution in [0.4, 0.5) is 0 Å². The van der Waals surface area contributed by atoms with Crippen molar-refractivity contribution in [3.8, 4) is 0 Å². The first-order valence-corrected chi connectivity index (χ1v) is 3.30. The highest BCUT2D eigenvalue weighted by atomic mass is 35.5. The topological polar surface area (TPSA) is 118 Å².